The van der Waals surface area contributed by atoms with Crippen molar-refractivity contribution in [2.24, 2.45) is 0 Å². The van der Waals surface area contributed by atoms with Crippen LogP contribution in [0.4, 0.5) is 0 Å². The first kappa shape index (κ1) is 29.8. The van der Waals surface area contributed by atoms with E-state index in [4.69, 9.17) is 0 Å². The third kappa shape index (κ3) is 3.99. The molecule has 0 amide bonds. The summed E-state index contributed by atoms with van der Waals surface area (Å²) in [5, 5.41) is 10.1. The Morgan fingerprint density at radius 1 is 0.321 bits per heavy atom. The highest BCUT2D eigenvalue weighted by Crippen LogP contribution is 2.46. The summed E-state index contributed by atoms with van der Waals surface area (Å²) in [6, 6.07) is 64.8. The predicted octanol–water partition coefficient (Wildman–Crippen LogP) is 13.7. The van der Waals surface area contributed by atoms with Crippen LogP contribution in [-0.4, -0.2) is 13.4 Å². The summed E-state index contributed by atoms with van der Waals surface area (Å²) in [4.78, 5) is 0. The summed E-state index contributed by atoms with van der Waals surface area (Å²) in [7, 11) is 0. The summed E-state index contributed by atoms with van der Waals surface area (Å²) in [5.74, 6) is 0. The van der Waals surface area contributed by atoms with Crippen LogP contribution in [0.2, 0.25) is 0 Å². The zero-order valence-electron chi connectivity index (χ0n) is 29.6. The molecular weight excluding hydrogens is 643 g/mol. The van der Waals surface area contributed by atoms with Gasteiger partial charge in [-0.05, 0) is 65.7 Å². The van der Waals surface area contributed by atoms with Crippen LogP contribution in [0.3, 0.4) is 0 Å². The van der Waals surface area contributed by atoms with E-state index in [1.807, 2.05) is 13.8 Å². The number of para-hydroxylation sites is 6. The molecule has 0 saturated heterocycles. The third-order valence-corrected chi connectivity index (χ3v) is 11.2. The van der Waals surface area contributed by atoms with Crippen LogP contribution in [-0.2, 0) is 0 Å². The molecule has 0 bridgehead atoms. The van der Waals surface area contributed by atoms with E-state index in [1.165, 1.54) is 98.4 Å². The fraction of sp³-hybridized carbons (Fsp3) is 0.0400. The van der Waals surface area contributed by atoms with E-state index in [-0.39, 0.29) is 0 Å². The Bertz CT molecular complexity index is 3360. The van der Waals surface area contributed by atoms with E-state index in [0.29, 0.717) is 0 Å². The standard InChI is InChI=1S/C48H29N3.C2H6/c1-7-19-40-32(13-1)33-14-2-8-20-41(33)49(40)31-27-25-30(26-28-31)38-29-39-36-17-5-11-23-44(36)50-42-21-9-3-15-34(42)35-16-4-10-22-43(35)51-45-24-12-6-18-37(45)46(38)48(51)47(39)50;1-2/h1-29H;1-2H3. The number of nitrogens with zero attached hydrogens (tertiary/aromatic N) is 3. The number of fused-ring (bicyclic) bond motifs is 14. The highest BCUT2D eigenvalue weighted by molar-refractivity contribution is 6.29. The lowest BCUT2D eigenvalue weighted by Crippen LogP contribution is -1.95. The predicted molar refractivity (Wildman–Crippen MR) is 227 cm³/mol. The number of benzene rings is 8. The molecule has 0 aliphatic heterocycles. The average Bonchev–Trinajstić information content (AvgIpc) is 3.87. The molecule has 4 heterocycles. The van der Waals surface area contributed by atoms with Crippen LogP contribution < -0.4 is 0 Å². The van der Waals surface area contributed by atoms with Gasteiger partial charge >= 0.3 is 0 Å². The van der Waals surface area contributed by atoms with Crippen molar-refractivity contribution in [1.29, 1.82) is 0 Å². The molecule has 0 aliphatic carbocycles. The molecule has 53 heavy (non-hydrogen) atoms. The van der Waals surface area contributed by atoms with E-state index in [1.54, 1.807) is 0 Å². The van der Waals surface area contributed by atoms with Crippen LogP contribution in [0.5, 0.6) is 0 Å². The van der Waals surface area contributed by atoms with Crippen molar-refractivity contribution >= 4 is 87.2 Å². The second-order valence-corrected chi connectivity index (χ2v) is 13.7. The van der Waals surface area contributed by atoms with Crippen LogP contribution >= 0.6 is 0 Å². The molecular formula is C50H35N3. The van der Waals surface area contributed by atoms with Crippen molar-refractivity contribution in [1.82, 2.24) is 13.4 Å². The van der Waals surface area contributed by atoms with E-state index >= 15 is 0 Å². The van der Waals surface area contributed by atoms with Crippen molar-refractivity contribution in [2.45, 2.75) is 13.8 Å². The molecule has 0 N–H and O–H groups in total. The van der Waals surface area contributed by atoms with Gasteiger partial charge in [0.25, 0.3) is 0 Å². The second kappa shape index (κ2) is 11.3. The monoisotopic (exact) mass is 677 g/mol. The molecule has 0 fully saturated rings. The van der Waals surface area contributed by atoms with Gasteiger partial charge in [0.2, 0.25) is 0 Å². The van der Waals surface area contributed by atoms with Gasteiger partial charge in [-0.25, -0.2) is 0 Å². The molecule has 3 heteroatoms. The average molecular weight is 678 g/mol. The van der Waals surface area contributed by atoms with Crippen LogP contribution in [0.25, 0.3) is 104 Å². The molecule has 0 spiro atoms. The first-order valence-electron chi connectivity index (χ1n) is 18.6. The maximum absolute atomic E-state index is 2.53. The largest absolute Gasteiger partial charge is 0.309 e. The molecule has 8 aromatic carbocycles. The lowest BCUT2D eigenvalue weighted by molar-refractivity contribution is 1.18. The molecule has 250 valence electrons. The Morgan fingerprint density at radius 3 is 1.17 bits per heavy atom. The molecule has 0 atom stereocenters. The first-order chi connectivity index (χ1) is 26.3. The van der Waals surface area contributed by atoms with Gasteiger partial charge in [-0.3, -0.25) is 0 Å². The highest BCUT2D eigenvalue weighted by Gasteiger charge is 2.23. The molecule has 0 aliphatic rings. The van der Waals surface area contributed by atoms with Gasteiger partial charge in [0, 0.05) is 48.8 Å². The van der Waals surface area contributed by atoms with Crippen molar-refractivity contribution in [2.75, 3.05) is 0 Å². The fourth-order valence-electron chi connectivity index (χ4n) is 9.11. The zero-order chi connectivity index (χ0) is 35.2. The van der Waals surface area contributed by atoms with E-state index in [9.17, 15) is 0 Å². The van der Waals surface area contributed by atoms with Crippen molar-refractivity contribution in [3.05, 3.63) is 176 Å². The molecule has 0 saturated carbocycles. The molecule has 0 radical (unpaired) electrons. The highest BCUT2D eigenvalue weighted by atomic mass is 15.0. The topological polar surface area (TPSA) is 13.8 Å². The minimum Gasteiger partial charge on any atom is -0.309 e. The smallest absolute Gasteiger partial charge is 0.0795 e. The normalized spacial score (nSPS) is 12.0. The summed E-state index contributed by atoms with van der Waals surface area (Å²) in [6.45, 7) is 4.00. The lowest BCUT2D eigenvalue weighted by Gasteiger charge is -2.13. The maximum Gasteiger partial charge on any atom is 0.0795 e. The third-order valence-electron chi connectivity index (χ3n) is 11.2. The Hall–Kier alpha value is -6.84. The summed E-state index contributed by atoms with van der Waals surface area (Å²) in [6.07, 6.45) is 0. The summed E-state index contributed by atoms with van der Waals surface area (Å²) in [5.41, 5.74) is 13.4. The fourth-order valence-corrected chi connectivity index (χ4v) is 9.11. The number of rotatable bonds is 2. The quantitative estimate of drug-likeness (QED) is 0.173. The van der Waals surface area contributed by atoms with Crippen LogP contribution in [0.15, 0.2) is 176 Å². The van der Waals surface area contributed by atoms with E-state index in [0.717, 1.165) is 5.69 Å². The Morgan fingerprint density at radius 2 is 0.679 bits per heavy atom. The minimum atomic E-state index is 1.16. The molecule has 3 nitrogen and oxygen atoms in total. The number of hydrogen-bond donors (Lipinski definition) is 0. The summed E-state index contributed by atoms with van der Waals surface area (Å²) >= 11 is 0. The van der Waals surface area contributed by atoms with Crippen LogP contribution in [0.1, 0.15) is 13.8 Å². The molecule has 4 aromatic heterocycles. The maximum atomic E-state index is 2.53. The Balaban J connectivity index is 0.00000163. The van der Waals surface area contributed by atoms with Gasteiger partial charge in [-0.1, -0.05) is 135 Å². The lowest BCUT2D eigenvalue weighted by atomic mass is 9.96. The first-order valence-corrected chi connectivity index (χ1v) is 18.6. The van der Waals surface area contributed by atoms with Crippen molar-refractivity contribution < 1.29 is 0 Å². The molecule has 12 rings (SSSR count). The van der Waals surface area contributed by atoms with Crippen molar-refractivity contribution in [3.63, 3.8) is 0 Å². The zero-order valence-corrected chi connectivity index (χ0v) is 29.6. The number of aromatic nitrogens is 3. The Kier molecular flexibility index (Phi) is 6.38. The Labute approximate surface area is 306 Å². The van der Waals surface area contributed by atoms with Crippen molar-refractivity contribution in [3.8, 4) is 16.8 Å². The SMILES string of the molecule is CC.c1ccc2c(c1)c1ccccc1n2-c1ccc(-c2cc3c4ccccc4n4c5ccccc5c5ccccc5n5c6ccccc6c2c5c34)cc1. The summed E-state index contributed by atoms with van der Waals surface area (Å²) < 4.78 is 7.44. The van der Waals surface area contributed by atoms with Gasteiger partial charge in [-0.2, -0.15) is 0 Å². The van der Waals surface area contributed by atoms with E-state index in [2.05, 4.69) is 189 Å². The van der Waals surface area contributed by atoms with Gasteiger partial charge in [-0.15, -0.1) is 0 Å². The number of hydrogen-bond acceptors (Lipinski definition) is 0. The van der Waals surface area contributed by atoms with E-state index < -0.39 is 0 Å². The van der Waals surface area contributed by atoms with Gasteiger partial charge in [0.1, 0.15) is 0 Å². The molecule has 0 unspecified atom stereocenters. The minimum absolute atomic E-state index is 1.16. The van der Waals surface area contributed by atoms with Gasteiger partial charge < -0.3 is 13.4 Å². The van der Waals surface area contributed by atoms with Gasteiger partial charge in [0.05, 0.1) is 44.1 Å². The molecule has 12 aromatic rings. The van der Waals surface area contributed by atoms with Gasteiger partial charge in [0.15, 0.2) is 0 Å². The van der Waals surface area contributed by atoms with Crippen LogP contribution in [0, 0.1) is 0 Å². The second-order valence-electron chi connectivity index (χ2n) is 13.7.